The molecule has 6 rings (SSSR count). The number of methoxy groups -OCH3 is 1. The first-order valence-corrected chi connectivity index (χ1v) is 17.0. The summed E-state index contributed by atoms with van der Waals surface area (Å²) in [7, 11) is 1.45. The van der Waals surface area contributed by atoms with Gasteiger partial charge in [-0.05, 0) is 80.4 Å². The van der Waals surface area contributed by atoms with Gasteiger partial charge in [0.25, 0.3) is 5.56 Å². The molecule has 1 atom stereocenters. The highest BCUT2D eigenvalue weighted by atomic mass is 32.1. The average Bonchev–Trinajstić information content (AvgIpc) is 3.67. The van der Waals surface area contributed by atoms with Gasteiger partial charge < -0.3 is 18.9 Å². The molecule has 0 saturated carbocycles. The summed E-state index contributed by atoms with van der Waals surface area (Å²) in [5.74, 6) is 0.0960. The van der Waals surface area contributed by atoms with Crippen LogP contribution in [0.15, 0.2) is 107 Å². The minimum atomic E-state index is -0.903. The molecule has 3 heterocycles. The molecule has 51 heavy (non-hydrogen) atoms. The molecule has 12 heteroatoms. The van der Waals surface area contributed by atoms with Crippen molar-refractivity contribution < 1.29 is 28.5 Å². The van der Waals surface area contributed by atoms with Crippen molar-refractivity contribution in [3.05, 3.63) is 133 Å². The van der Waals surface area contributed by atoms with E-state index in [1.807, 2.05) is 61.7 Å². The molecule has 3 aromatic carbocycles. The van der Waals surface area contributed by atoms with Crippen LogP contribution in [0.25, 0.3) is 23.0 Å². The van der Waals surface area contributed by atoms with Crippen LogP contribution in [-0.4, -0.2) is 46.6 Å². The fraction of sp³-hybridized carbons (Fsp3) is 0.205. The van der Waals surface area contributed by atoms with Crippen molar-refractivity contribution in [1.82, 2.24) is 14.3 Å². The third kappa shape index (κ3) is 7.04. The Morgan fingerprint density at radius 1 is 1.02 bits per heavy atom. The number of esters is 2. The number of para-hydroxylation sites is 1. The van der Waals surface area contributed by atoms with Gasteiger partial charge in [-0.3, -0.25) is 14.2 Å². The summed E-state index contributed by atoms with van der Waals surface area (Å²) in [4.78, 5) is 44.8. The highest BCUT2D eigenvalue weighted by molar-refractivity contribution is 7.07. The number of hydrogen-bond donors (Lipinski definition) is 0. The fourth-order valence-corrected chi connectivity index (χ4v) is 6.92. The van der Waals surface area contributed by atoms with E-state index in [-0.39, 0.29) is 29.2 Å². The number of allylic oxidation sites excluding steroid dienone is 1. The SMILES string of the molecule is C=CCOc1ccc(-c2nn(-c3ccccc3)cc2/C=c2/sc3n(c2=O)[C@H](c2ccc(OC(C)=O)c(OC)c2)C(C(=O)OCC)=C(C)N=3)cc1C. The molecule has 260 valence electrons. The molecule has 0 radical (unpaired) electrons. The number of carbonyl (C=O) groups is 2. The highest BCUT2D eigenvalue weighted by Crippen LogP contribution is 2.36. The van der Waals surface area contributed by atoms with Crippen LogP contribution >= 0.6 is 11.3 Å². The molecule has 0 unspecified atom stereocenters. The summed E-state index contributed by atoms with van der Waals surface area (Å²) in [6.07, 6.45) is 5.37. The Balaban J connectivity index is 1.54. The van der Waals surface area contributed by atoms with Gasteiger partial charge in [0, 0.05) is 24.2 Å². The predicted molar refractivity (Wildman–Crippen MR) is 194 cm³/mol. The summed E-state index contributed by atoms with van der Waals surface area (Å²) in [6.45, 7) is 10.9. The van der Waals surface area contributed by atoms with Gasteiger partial charge >= 0.3 is 11.9 Å². The van der Waals surface area contributed by atoms with Crippen LogP contribution in [0.3, 0.4) is 0 Å². The van der Waals surface area contributed by atoms with Gasteiger partial charge in [-0.2, -0.15) is 5.10 Å². The van der Waals surface area contributed by atoms with Gasteiger partial charge in [-0.15, -0.1) is 0 Å². The van der Waals surface area contributed by atoms with Crippen molar-refractivity contribution in [2.24, 2.45) is 4.99 Å². The summed E-state index contributed by atoms with van der Waals surface area (Å²) >= 11 is 1.21. The van der Waals surface area contributed by atoms with Crippen LogP contribution in [0, 0.1) is 6.92 Å². The molecule has 0 bridgehead atoms. The Kier molecular flexibility index (Phi) is 10.1. The van der Waals surface area contributed by atoms with Crippen LogP contribution in [0.1, 0.15) is 43.5 Å². The minimum absolute atomic E-state index is 0.135. The second kappa shape index (κ2) is 14.9. The number of fused-ring (bicyclic) bond motifs is 1. The number of aromatic nitrogens is 3. The molecular weight excluding hydrogens is 669 g/mol. The average molecular weight is 705 g/mol. The quantitative estimate of drug-likeness (QED) is 0.101. The Bertz CT molecular complexity index is 2370. The van der Waals surface area contributed by atoms with Crippen molar-refractivity contribution in [3.8, 4) is 34.2 Å². The second-order valence-electron chi connectivity index (χ2n) is 11.6. The molecule has 0 saturated heterocycles. The Labute approximate surface area is 298 Å². The first-order chi connectivity index (χ1) is 24.6. The molecule has 2 aromatic heterocycles. The number of benzene rings is 3. The lowest BCUT2D eigenvalue weighted by molar-refractivity contribution is -0.139. The fourth-order valence-electron chi connectivity index (χ4n) is 5.88. The Morgan fingerprint density at radius 3 is 2.47 bits per heavy atom. The lowest BCUT2D eigenvalue weighted by Gasteiger charge is -2.25. The number of nitrogens with zero attached hydrogens (tertiary/aromatic N) is 4. The predicted octanol–water partition coefficient (Wildman–Crippen LogP) is 5.46. The third-order valence-electron chi connectivity index (χ3n) is 8.13. The van der Waals surface area contributed by atoms with Gasteiger partial charge in [-0.25, -0.2) is 14.5 Å². The van der Waals surface area contributed by atoms with Gasteiger partial charge in [0.15, 0.2) is 16.3 Å². The van der Waals surface area contributed by atoms with E-state index in [1.165, 1.54) is 29.9 Å². The first kappa shape index (κ1) is 34.8. The number of hydrogen-bond acceptors (Lipinski definition) is 10. The zero-order valence-electron chi connectivity index (χ0n) is 28.8. The summed E-state index contributed by atoms with van der Waals surface area (Å²) < 4.78 is 25.7. The standard InChI is InChI=1S/C39H36N4O7S/c1-7-18-49-30-16-14-26(19-23(30)3)35-28(22-42(41-35)29-12-10-9-11-13-29)21-33-37(45)43-36(27-15-17-31(50-25(5)44)32(20-27)47-6)34(38(46)48-8-2)24(4)40-39(43)51-33/h7,9-17,19-22,36H,1,8,18H2,2-6H3/b33-21+/t36-/m1/s1. The molecule has 5 aromatic rings. The lowest BCUT2D eigenvalue weighted by Crippen LogP contribution is -2.40. The van der Waals surface area contributed by atoms with Crippen LogP contribution in [0.4, 0.5) is 0 Å². The normalized spacial score (nSPS) is 14.1. The smallest absolute Gasteiger partial charge is 0.338 e. The molecular formula is C39H36N4O7S. The third-order valence-corrected chi connectivity index (χ3v) is 9.11. The zero-order chi connectivity index (χ0) is 36.2. The number of aryl methyl sites for hydroxylation is 1. The zero-order valence-corrected chi connectivity index (χ0v) is 29.7. The summed E-state index contributed by atoms with van der Waals surface area (Å²) in [5.41, 5.74) is 4.79. The number of rotatable bonds is 11. The summed E-state index contributed by atoms with van der Waals surface area (Å²) in [6, 6.07) is 19.5. The monoisotopic (exact) mass is 704 g/mol. The van der Waals surface area contributed by atoms with Gasteiger partial charge in [0.2, 0.25) is 0 Å². The highest BCUT2D eigenvalue weighted by Gasteiger charge is 2.34. The lowest BCUT2D eigenvalue weighted by atomic mass is 9.95. The van der Waals surface area contributed by atoms with Gasteiger partial charge in [0.1, 0.15) is 18.1 Å². The van der Waals surface area contributed by atoms with E-state index in [4.69, 9.17) is 29.0 Å². The molecule has 11 nitrogen and oxygen atoms in total. The van der Waals surface area contributed by atoms with E-state index in [0.29, 0.717) is 38.5 Å². The number of thiazole rings is 1. The van der Waals surface area contributed by atoms with E-state index >= 15 is 0 Å². The molecule has 1 aliphatic heterocycles. The minimum Gasteiger partial charge on any atom is -0.493 e. The largest absolute Gasteiger partial charge is 0.493 e. The van der Waals surface area contributed by atoms with Crippen molar-refractivity contribution in [2.45, 2.75) is 33.7 Å². The van der Waals surface area contributed by atoms with E-state index in [1.54, 1.807) is 48.9 Å². The van der Waals surface area contributed by atoms with Crippen molar-refractivity contribution >= 4 is 29.4 Å². The molecule has 0 fully saturated rings. The molecule has 0 spiro atoms. The molecule has 0 amide bonds. The van der Waals surface area contributed by atoms with E-state index in [9.17, 15) is 14.4 Å². The van der Waals surface area contributed by atoms with Crippen LogP contribution < -0.4 is 29.1 Å². The maximum atomic E-state index is 14.5. The molecule has 0 aliphatic carbocycles. The van der Waals surface area contributed by atoms with Gasteiger partial charge in [-0.1, -0.05) is 48.3 Å². The van der Waals surface area contributed by atoms with E-state index < -0.39 is 18.0 Å². The summed E-state index contributed by atoms with van der Waals surface area (Å²) in [5, 5.41) is 4.95. The molecule has 1 aliphatic rings. The Morgan fingerprint density at radius 2 is 1.78 bits per heavy atom. The molecule has 0 N–H and O–H groups in total. The van der Waals surface area contributed by atoms with Crippen LogP contribution in [0.5, 0.6) is 17.2 Å². The van der Waals surface area contributed by atoms with Gasteiger partial charge in [0.05, 0.1) is 41.2 Å². The van der Waals surface area contributed by atoms with E-state index in [2.05, 4.69) is 6.58 Å². The van der Waals surface area contributed by atoms with Crippen LogP contribution in [0.2, 0.25) is 0 Å². The Hall–Kier alpha value is -6.01. The number of ether oxygens (including phenoxy) is 4. The topological polar surface area (TPSA) is 123 Å². The number of carbonyl (C=O) groups excluding carboxylic acids is 2. The maximum Gasteiger partial charge on any atom is 0.338 e. The maximum absolute atomic E-state index is 14.5. The van der Waals surface area contributed by atoms with Crippen LogP contribution in [-0.2, 0) is 14.3 Å². The van der Waals surface area contributed by atoms with Crippen molar-refractivity contribution in [3.63, 3.8) is 0 Å². The van der Waals surface area contributed by atoms with Crippen molar-refractivity contribution in [2.75, 3.05) is 20.3 Å². The van der Waals surface area contributed by atoms with Crippen molar-refractivity contribution in [1.29, 1.82) is 0 Å². The first-order valence-electron chi connectivity index (χ1n) is 16.2. The second-order valence-corrected chi connectivity index (χ2v) is 12.6. The van der Waals surface area contributed by atoms with E-state index in [0.717, 1.165) is 22.6 Å².